The van der Waals surface area contributed by atoms with Crippen molar-refractivity contribution >= 4 is 45.8 Å². The second kappa shape index (κ2) is 7.07. The molecule has 0 spiro atoms. The van der Waals surface area contributed by atoms with Crippen LogP contribution in [-0.4, -0.2) is 18.5 Å². The summed E-state index contributed by atoms with van der Waals surface area (Å²) in [7, 11) is 0. The summed E-state index contributed by atoms with van der Waals surface area (Å²) in [5.41, 5.74) is 7.10. The molecule has 2 aromatic rings. The molecule has 2 rings (SSSR count). The number of esters is 1. The number of hydrogen-bond acceptors (Lipinski definition) is 4. The highest BCUT2D eigenvalue weighted by atomic mass is 127. The number of nitrogen functional groups attached to an aromatic ring is 1. The van der Waals surface area contributed by atoms with E-state index < -0.39 is 5.97 Å². The molecule has 0 aliphatic carbocycles. The third-order valence-corrected chi connectivity index (χ3v) is 3.26. The lowest BCUT2D eigenvalue weighted by atomic mass is 10.2. The van der Waals surface area contributed by atoms with Gasteiger partial charge in [0.25, 0.3) is 5.91 Å². The van der Waals surface area contributed by atoms with Crippen molar-refractivity contribution in [2.45, 2.75) is 0 Å². The molecule has 21 heavy (non-hydrogen) atoms. The number of amides is 1. The highest BCUT2D eigenvalue weighted by Gasteiger charge is 2.10. The molecule has 0 unspecified atom stereocenters. The van der Waals surface area contributed by atoms with E-state index in [0.717, 1.165) is 3.57 Å². The van der Waals surface area contributed by atoms with E-state index in [2.05, 4.69) is 27.9 Å². The van der Waals surface area contributed by atoms with E-state index in [0.29, 0.717) is 16.9 Å². The Morgan fingerprint density at radius 3 is 2.52 bits per heavy atom. The van der Waals surface area contributed by atoms with E-state index in [1.807, 2.05) is 18.2 Å². The zero-order valence-corrected chi connectivity index (χ0v) is 13.2. The average molecular weight is 396 g/mol. The zero-order valence-electron chi connectivity index (χ0n) is 11.0. The average Bonchev–Trinajstić information content (AvgIpc) is 2.45. The van der Waals surface area contributed by atoms with Crippen molar-refractivity contribution in [1.82, 2.24) is 0 Å². The molecule has 0 aliphatic heterocycles. The zero-order chi connectivity index (χ0) is 15.2. The molecule has 0 aromatic heterocycles. The minimum atomic E-state index is -0.562. The third-order valence-electron chi connectivity index (χ3n) is 2.59. The molecule has 5 nitrogen and oxygen atoms in total. The predicted octanol–water partition coefficient (Wildman–Crippen LogP) is 2.67. The Morgan fingerprint density at radius 2 is 1.86 bits per heavy atom. The van der Waals surface area contributed by atoms with Gasteiger partial charge in [-0.2, -0.15) is 0 Å². The number of nitrogens with one attached hydrogen (secondary N) is 1. The lowest BCUT2D eigenvalue weighted by molar-refractivity contribution is -0.119. The van der Waals surface area contributed by atoms with Crippen LogP contribution in [-0.2, 0) is 9.53 Å². The van der Waals surface area contributed by atoms with E-state index in [9.17, 15) is 9.59 Å². The second-order valence-corrected chi connectivity index (χ2v) is 5.50. The minimum absolute atomic E-state index is 0.339. The Hall–Kier alpha value is -2.09. The lowest BCUT2D eigenvalue weighted by Gasteiger charge is -2.07. The van der Waals surface area contributed by atoms with Crippen LogP contribution in [0.25, 0.3) is 0 Å². The van der Waals surface area contributed by atoms with E-state index in [-0.39, 0.29) is 12.5 Å². The molecule has 0 saturated carbocycles. The van der Waals surface area contributed by atoms with Gasteiger partial charge < -0.3 is 15.8 Å². The smallest absolute Gasteiger partial charge is 0.338 e. The molecule has 0 atom stereocenters. The van der Waals surface area contributed by atoms with Crippen molar-refractivity contribution in [3.8, 4) is 0 Å². The highest BCUT2D eigenvalue weighted by molar-refractivity contribution is 14.1. The van der Waals surface area contributed by atoms with Gasteiger partial charge in [0.15, 0.2) is 6.61 Å². The summed E-state index contributed by atoms with van der Waals surface area (Å²) in [6.07, 6.45) is 0. The fourth-order valence-corrected chi connectivity index (χ4v) is 2.14. The fraction of sp³-hybridized carbons (Fsp3) is 0.0667. The van der Waals surface area contributed by atoms with Gasteiger partial charge in [-0.3, -0.25) is 4.79 Å². The van der Waals surface area contributed by atoms with Crippen LogP contribution in [0.15, 0.2) is 48.5 Å². The van der Waals surface area contributed by atoms with Crippen LogP contribution in [0.5, 0.6) is 0 Å². The number of benzene rings is 2. The Bertz CT molecular complexity index is 656. The van der Waals surface area contributed by atoms with Gasteiger partial charge in [-0.05, 0) is 65.1 Å². The van der Waals surface area contributed by atoms with Gasteiger partial charge in [0.05, 0.1) is 5.56 Å². The van der Waals surface area contributed by atoms with Crippen LogP contribution in [0.2, 0.25) is 0 Å². The number of carbonyl (C=O) groups excluding carboxylic acids is 2. The Balaban J connectivity index is 1.86. The monoisotopic (exact) mass is 396 g/mol. The number of halogens is 1. The van der Waals surface area contributed by atoms with Crippen LogP contribution in [0, 0.1) is 3.57 Å². The van der Waals surface area contributed by atoms with Gasteiger partial charge >= 0.3 is 5.97 Å². The summed E-state index contributed by atoms with van der Waals surface area (Å²) in [6.45, 7) is -0.339. The third kappa shape index (κ3) is 4.75. The second-order valence-electron chi connectivity index (χ2n) is 4.26. The molecule has 0 bridgehead atoms. The molecule has 6 heteroatoms. The summed E-state index contributed by atoms with van der Waals surface area (Å²) in [5, 5.41) is 2.66. The van der Waals surface area contributed by atoms with Gasteiger partial charge in [-0.1, -0.05) is 6.07 Å². The Labute approximate surface area is 135 Å². The maximum atomic E-state index is 11.7. The van der Waals surface area contributed by atoms with E-state index in [1.165, 1.54) is 0 Å². The highest BCUT2D eigenvalue weighted by Crippen LogP contribution is 2.12. The number of carbonyl (C=O) groups is 2. The summed E-state index contributed by atoms with van der Waals surface area (Å²) >= 11 is 2.15. The van der Waals surface area contributed by atoms with E-state index >= 15 is 0 Å². The van der Waals surface area contributed by atoms with Crippen LogP contribution in [0.1, 0.15) is 10.4 Å². The first-order chi connectivity index (χ1) is 10.0. The first-order valence-electron chi connectivity index (χ1n) is 6.12. The molecule has 1 amide bonds. The number of anilines is 2. The van der Waals surface area contributed by atoms with E-state index in [1.54, 1.807) is 30.3 Å². The van der Waals surface area contributed by atoms with Crippen LogP contribution < -0.4 is 11.1 Å². The quantitative estimate of drug-likeness (QED) is 0.473. The van der Waals surface area contributed by atoms with Crippen molar-refractivity contribution in [3.63, 3.8) is 0 Å². The molecule has 0 radical (unpaired) electrons. The molecular weight excluding hydrogens is 383 g/mol. The number of hydrogen-bond donors (Lipinski definition) is 2. The summed E-state index contributed by atoms with van der Waals surface area (Å²) in [6, 6.07) is 13.6. The van der Waals surface area contributed by atoms with Crippen molar-refractivity contribution in [3.05, 3.63) is 57.7 Å². The van der Waals surface area contributed by atoms with Crippen LogP contribution >= 0.6 is 22.6 Å². The topological polar surface area (TPSA) is 81.4 Å². The van der Waals surface area contributed by atoms with E-state index in [4.69, 9.17) is 10.5 Å². The van der Waals surface area contributed by atoms with Crippen LogP contribution in [0.4, 0.5) is 11.4 Å². The molecule has 108 valence electrons. The Morgan fingerprint density at radius 1 is 1.14 bits per heavy atom. The van der Waals surface area contributed by atoms with Crippen molar-refractivity contribution < 1.29 is 14.3 Å². The van der Waals surface area contributed by atoms with Gasteiger partial charge in [0.1, 0.15) is 0 Å². The molecule has 0 saturated heterocycles. The number of rotatable bonds is 4. The van der Waals surface area contributed by atoms with Gasteiger partial charge in [0, 0.05) is 14.9 Å². The summed E-state index contributed by atoms with van der Waals surface area (Å²) in [5.74, 6) is -0.950. The SMILES string of the molecule is Nc1ccc(C(=O)OCC(=O)Nc2cccc(I)c2)cc1. The molecule has 0 fully saturated rings. The molecule has 3 N–H and O–H groups in total. The number of ether oxygens (including phenoxy) is 1. The number of nitrogens with two attached hydrogens (primary N) is 1. The first-order valence-corrected chi connectivity index (χ1v) is 7.20. The van der Waals surface area contributed by atoms with Gasteiger partial charge in [-0.15, -0.1) is 0 Å². The molecule has 2 aromatic carbocycles. The largest absolute Gasteiger partial charge is 0.452 e. The van der Waals surface area contributed by atoms with Crippen molar-refractivity contribution in [2.24, 2.45) is 0 Å². The van der Waals surface area contributed by atoms with Crippen LogP contribution in [0.3, 0.4) is 0 Å². The predicted molar refractivity (Wildman–Crippen MR) is 88.9 cm³/mol. The fourth-order valence-electron chi connectivity index (χ4n) is 1.60. The minimum Gasteiger partial charge on any atom is -0.452 e. The molecular formula is C15H13IN2O3. The van der Waals surface area contributed by atoms with Crippen molar-refractivity contribution in [1.29, 1.82) is 0 Å². The lowest BCUT2D eigenvalue weighted by Crippen LogP contribution is -2.20. The maximum Gasteiger partial charge on any atom is 0.338 e. The summed E-state index contributed by atoms with van der Waals surface area (Å²) < 4.78 is 5.94. The summed E-state index contributed by atoms with van der Waals surface area (Å²) in [4.78, 5) is 23.4. The standard InChI is InChI=1S/C15H13IN2O3/c16-11-2-1-3-13(8-11)18-14(19)9-21-15(20)10-4-6-12(17)7-5-10/h1-8H,9,17H2,(H,18,19). The molecule has 0 heterocycles. The molecule has 0 aliphatic rings. The van der Waals surface area contributed by atoms with Crippen molar-refractivity contribution in [2.75, 3.05) is 17.7 Å². The Kier molecular flexibility index (Phi) is 5.15. The first kappa shape index (κ1) is 15.3. The van der Waals surface area contributed by atoms with Gasteiger partial charge in [0.2, 0.25) is 0 Å². The maximum absolute atomic E-state index is 11.7. The van der Waals surface area contributed by atoms with Gasteiger partial charge in [-0.25, -0.2) is 4.79 Å². The normalized spacial score (nSPS) is 9.95.